The third-order valence-corrected chi connectivity index (χ3v) is 8.98. The van der Waals surface area contributed by atoms with Crippen LogP contribution < -0.4 is 15.7 Å². The van der Waals surface area contributed by atoms with E-state index in [9.17, 15) is 9.59 Å². The van der Waals surface area contributed by atoms with Gasteiger partial charge in [-0.2, -0.15) is 5.10 Å². The fourth-order valence-corrected chi connectivity index (χ4v) is 6.86. The molecule has 4 aromatic heterocycles. The molecule has 2 amide bonds. The summed E-state index contributed by atoms with van der Waals surface area (Å²) in [6.07, 6.45) is 8.58. The Morgan fingerprint density at radius 2 is 1.89 bits per heavy atom. The molecular formula is C31H28BN9O3S. The summed E-state index contributed by atoms with van der Waals surface area (Å²) in [7, 11) is 8.00. The number of benzene rings is 1. The molecule has 224 valence electrons. The molecule has 0 bridgehead atoms. The van der Waals surface area contributed by atoms with E-state index in [2.05, 4.69) is 30.2 Å². The standard InChI is InChI=1S/C31H28BN9O3S/c1-44-31(43)37-30-36-23-8-7-21-25(20-5-2-10-33-18-20)38-41(26(21)27(23)45-30)24-9-6-19(17-22(24)32)28(42)39-13-4-14-40(16-15-39)29-34-11-3-12-35-29/h2-3,5-6,9-12,17-18H,4,7-8,13-16H2,1H3,(H,36,37,43). The summed E-state index contributed by atoms with van der Waals surface area (Å²) in [5.74, 6) is 0.594. The van der Waals surface area contributed by atoms with Crippen molar-refractivity contribution in [3.05, 3.63) is 78.0 Å². The summed E-state index contributed by atoms with van der Waals surface area (Å²) in [6, 6.07) is 11.0. The number of nitrogens with zero attached hydrogens (tertiary/aromatic N) is 8. The van der Waals surface area contributed by atoms with Gasteiger partial charge < -0.3 is 14.5 Å². The van der Waals surface area contributed by atoms with Crippen LogP contribution in [0.2, 0.25) is 0 Å². The van der Waals surface area contributed by atoms with Crippen molar-refractivity contribution in [1.82, 2.24) is 34.6 Å². The Morgan fingerprint density at radius 1 is 1.02 bits per heavy atom. The zero-order valence-electron chi connectivity index (χ0n) is 24.5. The number of ether oxygens (including phenoxy) is 1. The molecule has 0 saturated carbocycles. The Kier molecular flexibility index (Phi) is 7.72. The quantitative estimate of drug-likeness (QED) is 0.295. The zero-order chi connectivity index (χ0) is 30.9. The number of aromatic nitrogens is 6. The third-order valence-electron chi connectivity index (χ3n) is 7.96. The molecule has 0 unspecified atom stereocenters. The van der Waals surface area contributed by atoms with Gasteiger partial charge in [0.15, 0.2) is 5.13 Å². The summed E-state index contributed by atoms with van der Waals surface area (Å²) in [4.78, 5) is 48.1. The van der Waals surface area contributed by atoms with Crippen LogP contribution in [-0.4, -0.2) is 87.8 Å². The molecule has 1 N–H and O–H groups in total. The number of hydrogen-bond donors (Lipinski definition) is 1. The maximum Gasteiger partial charge on any atom is 0.413 e. The van der Waals surface area contributed by atoms with Crippen molar-refractivity contribution in [1.29, 1.82) is 0 Å². The predicted molar refractivity (Wildman–Crippen MR) is 171 cm³/mol. The van der Waals surface area contributed by atoms with Crippen molar-refractivity contribution in [2.75, 3.05) is 43.5 Å². The van der Waals surface area contributed by atoms with E-state index in [4.69, 9.17) is 17.7 Å². The van der Waals surface area contributed by atoms with E-state index < -0.39 is 6.09 Å². The summed E-state index contributed by atoms with van der Waals surface area (Å²) in [5, 5.41) is 8.17. The number of nitrogens with one attached hydrogen (secondary N) is 1. The lowest BCUT2D eigenvalue weighted by Gasteiger charge is -2.22. The van der Waals surface area contributed by atoms with E-state index >= 15 is 0 Å². The van der Waals surface area contributed by atoms with E-state index in [-0.39, 0.29) is 5.91 Å². The van der Waals surface area contributed by atoms with E-state index in [0.717, 1.165) is 46.1 Å². The van der Waals surface area contributed by atoms with Gasteiger partial charge in [-0.15, -0.1) is 0 Å². The third kappa shape index (κ3) is 5.52. The topological polar surface area (TPSA) is 131 Å². The molecule has 2 aliphatic rings. The fourth-order valence-electron chi connectivity index (χ4n) is 5.81. The van der Waals surface area contributed by atoms with Gasteiger partial charge in [0.1, 0.15) is 7.85 Å². The average molecular weight is 618 g/mol. The van der Waals surface area contributed by atoms with E-state index in [1.807, 2.05) is 27.8 Å². The Hall–Kier alpha value is -5.11. The summed E-state index contributed by atoms with van der Waals surface area (Å²) in [5.41, 5.74) is 6.02. The number of carbonyl (C=O) groups is 2. The second kappa shape index (κ2) is 12.1. The maximum atomic E-state index is 13.6. The minimum Gasteiger partial charge on any atom is -0.453 e. The molecule has 5 aromatic rings. The van der Waals surface area contributed by atoms with Gasteiger partial charge in [-0.05, 0) is 49.6 Å². The average Bonchev–Trinajstić information content (AvgIpc) is 3.57. The number of amides is 2. The van der Waals surface area contributed by atoms with Crippen molar-refractivity contribution in [3.8, 4) is 27.5 Å². The van der Waals surface area contributed by atoms with Crippen molar-refractivity contribution < 1.29 is 14.3 Å². The van der Waals surface area contributed by atoms with Crippen LogP contribution in [0, 0.1) is 0 Å². The molecule has 1 saturated heterocycles. The molecule has 1 aliphatic carbocycles. The van der Waals surface area contributed by atoms with Crippen LogP contribution in [0.4, 0.5) is 15.9 Å². The Bertz CT molecular complexity index is 1880. The van der Waals surface area contributed by atoms with Crippen LogP contribution in [0.3, 0.4) is 0 Å². The van der Waals surface area contributed by atoms with E-state index in [0.29, 0.717) is 60.3 Å². The first-order chi connectivity index (χ1) is 22.0. The highest BCUT2D eigenvalue weighted by Crippen LogP contribution is 2.44. The molecule has 5 heterocycles. The van der Waals surface area contributed by atoms with Gasteiger partial charge in [-0.25, -0.2) is 24.4 Å². The lowest BCUT2D eigenvalue weighted by molar-refractivity contribution is 0.0767. The number of rotatable bonds is 5. The summed E-state index contributed by atoms with van der Waals surface area (Å²) < 4.78 is 6.59. The number of thiazole rings is 1. The summed E-state index contributed by atoms with van der Waals surface area (Å²) >= 11 is 1.36. The van der Waals surface area contributed by atoms with Crippen LogP contribution in [0.15, 0.2) is 61.2 Å². The zero-order valence-corrected chi connectivity index (χ0v) is 25.3. The van der Waals surface area contributed by atoms with Gasteiger partial charge in [0.05, 0.1) is 34.8 Å². The highest BCUT2D eigenvalue weighted by molar-refractivity contribution is 7.19. The number of carbonyl (C=O) groups excluding carboxylic acids is 2. The predicted octanol–water partition coefficient (Wildman–Crippen LogP) is 3.27. The van der Waals surface area contributed by atoms with Crippen molar-refractivity contribution >= 4 is 47.7 Å². The molecule has 12 nitrogen and oxygen atoms in total. The van der Waals surface area contributed by atoms with Gasteiger partial charge >= 0.3 is 6.09 Å². The van der Waals surface area contributed by atoms with Gasteiger partial charge in [0, 0.05) is 67.7 Å². The lowest BCUT2D eigenvalue weighted by Crippen LogP contribution is -2.36. The molecule has 1 aliphatic heterocycles. The molecule has 45 heavy (non-hydrogen) atoms. The molecule has 0 atom stereocenters. The second-order valence-electron chi connectivity index (χ2n) is 10.7. The van der Waals surface area contributed by atoms with Crippen LogP contribution in [0.25, 0.3) is 27.5 Å². The van der Waals surface area contributed by atoms with Gasteiger partial charge in [0.2, 0.25) is 5.95 Å². The Balaban J connectivity index is 1.22. The van der Waals surface area contributed by atoms with Gasteiger partial charge in [0.25, 0.3) is 5.91 Å². The molecule has 1 aromatic carbocycles. The summed E-state index contributed by atoms with van der Waals surface area (Å²) in [6.45, 7) is 2.59. The monoisotopic (exact) mass is 617 g/mol. The number of pyridine rings is 1. The highest BCUT2D eigenvalue weighted by atomic mass is 32.1. The van der Waals surface area contributed by atoms with Gasteiger partial charge in [-0.3, -0.25) is 15.1 Å². The van der Waals surface area contributed by atoms with E-state index in [1.165, 1.54) is 18.4 Å². The number of methoxy groups -OCH3 is 1. The van der Waals surface area contributed by atoms with Crippen molar-refractivity contribution in [2.24, 2.45) is 0 Å². The van der Waals surface area contributed by atoms with Crippen LogP contribution in [-0.2, 0) is 17.6 Å². The fraction of sp³-hybridized carbons (Fsp3) is 0.258. The van der Waals surface area contributed by atoms with Crippen LogP contribution in [0.1, 0.15) is 28.0 Å². The first-order valence-electron chi connectivity index (χ1n) is 14.6. The highest BCUT2D eigenvalue weighted by Gasteiger charge is 2.31. The van der Waals surface area contributed by atoms with Crippen LogP contribution >= 0.6 is 11.3 Å². The molecule has 2 radical (unpaired) electrons. The SMILES string of the molecule is [B]c1cc(C(=O)N2CCCN(c3ncccn3)CC2)ccc1-n1nc(-c2cccnc2)c2c1-c1sc(NC(=O)OC)nc1CC2. The van der Waals surface area contributed by atoms with Crippen LogP contribution in [0.5, 0.6) is 0 Å². The Morgan fingerprint density at radius 3 is 2.67 bits per heavy atom. The number of anilines is 2. The number of aryl methyl sites for hydroxylation is 1. The molecular weight excluding hydrogens is 589 g/mol. The smallest absolute Gasteiger partial charge is 0.413 e. The molecule has 14 heteroatoms. The number of fused-ring (bicyclic) bond motifs is 3. The van der Waals surface area contributed by atoms with E-state index in [1.54, 1.807) is 43.0 Å². The maximum absolute atomic E-state index is 13.6. The first-order valence-corrected chi connectivity index (χ1v) is 15.4. The largest absolute Gasteiger partial charge is 0.453 e. The minimum absolute atomic E-state index is 0.0779. The lowest BCUT2D eigenvalue weighted by atomic mass is 9.91. The normalized spacial score (nSPS) is 14.3. The molecule has 7 rings (SSSR count). The Labute approximate surface area is 264 Å². The van der Waals surface area contributed by atoms with Gasteiger partial charge in [-0.1, -0.05) is 22.9 Å². The second-order valence-corrected chi connectivity index (χ2v) is 11.7. The molecule has 0 spiro atoms. The van der Waals surface area contributed by atoms with Crippen molar-refractivity contribution in [3.63, 3.8) is 0 Å². The number of hydrogen-bond acceptors (Lipinski definition) is 10. The van der Waals surface area contributed by atoms with Crippen molar-refractivity contribution in [2.45, 2.75) is 19.3 Å². The minimum atomic E-state index is -0.583. The first kappa shape index (κ1) is 28.7. The molecule has 1 fully saturated rings.